The van der Waals surface area contributed by atoms with Gasteiger partial charge in [-0.3, -0.25) is 0 Å². The first-order valence-corrected chi connectivity index (χ1v) is 17.6. The number of fused-ring (bicyclic) bond motifs is 4. The summed E-state index contributed by atoms with van der Waals surface area (Å²) in [6.07, 6.45) is 5.93. The van der Waals surface area contributed by atoms with Crippen molar-refractivity contribution in [2.75, 3.05) is 13.1 Å². The van der Waals surface area contributed by atoms with Crippen LogP contribution < -0.4 is 16.4 Å². The van der Waals surface area contributed by atoms with Gasteiger partial charge in [0.25, 0.3) is 0 Å². The summed E-state index contributed by atoms with van der Waals surface area (Å²) in [7, 11) is 0. The molecular weight excluding hydrogens is 558 g/mol. The number of hydrogen-bond donors (Lipinski definition) is 4. The van der Waals surface area contributed by atoms with Crippen molar-refractivity contribution < 1.29 is 28.9 Å². The van der Waals surface area contributed by atoms with Crippen LogP contribution in [0.5, 0.6) is 0 Å². The molecular formula is C35H57N3O6. The molecule has 5 saturated carbocycles. The third-order valence-electron chi connectivity index (χ3n) is 15.4. The SMILES string of the molecule is CC(C)[C@@H](OC(N)=O)C1C[C@@H](C)[C@H]2C(O1)[C@H](O)[C@@]1(C)C3CC[C@H]4C(C)(C)C(OC(=O)NC5CNC5)CC[C@@]45C[C@@]35CC[C@]21C. The number of nitrogens with one attached hydrogen (secondary N) is 2. The zero-order chi connectivity index (χ0) is 31.6. The van der Waals surface area contributed by atoms with Crippen molar-refractivity contribution in [3.8, 4) is 0 Å². The first-order chi connectivity index (χ1) is 20.6. The van der Waals surface area contributed by atoms with Crippen LogP contribution in [0.15, 0.2) is 0 Å². The third kappa shape index (κ3) is 3.93. The molecule has 4 unspecified atom stereocenters. The van der Waals surface area contributed by atoms with E-state index in [4.69, 9.17) is 19.9 Å². The predicted octanol–water partition coefficient (Wildman–Crippen LogP) is 4.99. The molecule has 5 aliphatic carbocycles. The van der Waals surface area contributed by atoms with Gasteiger partial charge >= 0.3 is 12.2 Å². The van der Waals surface area contributed by atoms with Crippen molar-refractivity contribution in [2.24, 2.45) is 62.4 Å². The van der Waals surface area contributed by atoms with E-state index in [9.17, 15) is 14.7 Å². The van der Waals surface area contributed by atoms with E-state index in [1.165, 1.54) is 12.8 Å². The fourth-order valence-electron chi connectivity index (χ4n) is 13.2. The Labute approximate surface area is 263 Å². The topological polar surface area (TPSA) is 132 Å². The van der Waals surface area contributed by atoms with Gasteiger partial charge in [-0.25, -0.2) is 9.59 Å². The average Bonchev–Trinajstić information content (AvgIpc) is 3.55. The van der Waals surface area contributed by atoms with Crippen molar-refractivity contribution in [1.82, 2.24) is 10.6 Å². The van der Waals surface area contributed by atoms with Crippen molar-refractivity contribution in [3.05, 3.63) is 0 Å². The highest BCUT2D eigenvalue weighted by atomic mass is 16.6. The van der Waals surface area contributed by atoms with Crippen LogP contribution in [0, 0.1) is 56.7 Å². The van der Waals surface area contributed by atoms with Crippen LogP contribution in [0.1, 0.15) is 99.8 Å². The third-order valence-corrected chi connectivity index (χ3v) is 15.4. The summed E-state index contributed by atoms with van der Waals surface area (Å²) >= 11 is 0. The zero-order valence-corrected chi connectivity index (χ0v) is 28.0. The Morgan fingerprint density at radius 2 is 1.70 bits per heavy atom. The molecule has 13 atom stereocenters. The second-order valence-electron chi connectivity index (χ2n) is 17.6. The Hall–Kier alpha value is -1.58. The van der Waals surface area contributed by atoms with Gasteiger partial charge < -0.3 is 35.7 Å². The molecule has 44 heavy (non-hydrogen) atoms. The van der Waals surface area contributed by atoms with E-state index in [0.717, 1.165) is 51.6 Å². The summed E-state index contributed by atoms with van der Waals surface area (Å²) in [6.45, 7) is 17.6. The van der Waals surface area contributed by atoms with Gasteiger partial charge in [0.2, 0.25) is 0 Å². The summed E-state index contributed by atoms with van der Waals surface area (Å²) in [4.78, 5) is 24.6. The molecule has 9 heteroatoms. The summed E-state index contributed by atoms with van der Waals surface area (Å²) in [5.74, 6) is 1.61. The lowest BCUT2D eigenvalue weighted by Gasteiger charge is -2.63. The number of amides is 2. The van der Waals surface area contributed by atoms with Gasteiger partial charge in [0.1, 0.15) is 12.2 Å². The lowest BCUT2D eigenvalue weighted by molar-refractivity contribution is -0.184. The first-order valence-electron chi connectivity index (χ1n) is 17.6. The number of primary amides is 1. The largest absolute Gasteiger partial charge is 0.446 e. The van der Waals surface area contributed by atoms with Crippen molar-refractivity contribution in [1.29, 1.82) is 0 Å². The summed E-state index contributed by atoms with van der Waals surface area (Å²) in [5.41, 5.74) is 5.58. The highest BCUT2D eigenvalue weighted by molar-refractivity contribution is 5.68. The summed E-state index contributed by atoms with van der Waals surface area (Å²) < 4.78 is 18.6. The van der Waals surface area contributed by atoms with Crippen LogP contribution in [0.2, 0.25) is 0 Å². The molecule has 248 valence electrons. The van der Waals surface area contributed by atoms with Gasteiger partial charge in [-0.05, 0) is 97.2 Å². The van der Waals surface area contributed by atoms with Crippen LogP contribution in [-0.2, 0) is 14.2 Å². The monoisotopic (exact) mass is 615 g/mol. The molecule has 2 amide bonds. The number of carbonyl (C=O) groups is 2. The molecule has 0 aromatic carbocycles. The summed E-state index contributed by atoms with van der Waals surface area (Å²) in [6, 6.07) is 0.176. The summed E-state index contributed by atoms with van der Waals surface area (Å²) in [5, 5.41) is 18.7. The molecule has 2 aliphatic heterocycles. The lowest BCUT2D eigenvalue weighted by atomic mass is 9.41. The second kappa shape index (κ2) is 9.96. The molecule has 0 aromatic rings. The Morgan fingerprint density at radius 3 is 2.34 bits per heavy atom. The van der Waals surface area contributed by atoms with Gasteiger partial charge in [-0.15, -0.1) is 0 Å². The Morgan fingerprint density at radius 1 is 1.02 bits per heavy atom. The predicted molar refractivity (Wildman–Crippen MR) is 165 cm³/mol. The fourth-order valence-corrected chi connectivity index (χ4v) is 13.2. The van der Waals surface area contributed by atoms with E-state index >= 15 is 0 Å². The second-order valence-corrected chi connectivity index (χ2v) is 17.6. The van der Waals surface area contributed by atoms with E-state index in [2.05, 4.69) is 45.3 Å². The fraction of sp³-hybridized carbons (Fsp3) is 0.943. The van der Waals surface area contributed by atoms with Gasteiger partial charge in [0.05, 0.1) is 24.4 Å². The highest BCUT2D eigenvalue weighted by Gasteiger charge is 2.84. The molecule has 0 aromatic heterocycles. The Balaban J connectivity index is 1.14. The van der Waals surface area contributed by atoms with Crippen LogP contribution in [0.3, 0.4) is 0 Å². The number of rotatable bonds is 5. The molecule has 7 fully saturated rings. The van der Waals surface area contributed by atoms with Crippen molar-refractivity contribution >= 4 is 12.2 Å². The molecule has 9 nitrogen and oxygen atoms in total. The highest BCUT2D eigenvalue weighted by Crippen LogP contribution is 2.89. The normalized spacial score (nSPS) is 50.9. The minimum absolute atomic E-state index is 0.0316. The minimum Gasteiger partial charge on any atom is -0.446 e. The molecule has 7 rings (SSSR count). The molecule has 2 spiro atoms. The quantitative estimate of drug-likeness (QED) is 0.343. The number of ether oxygens (including phenoxy) is 3. The number of alkyl carbamates (subject to hydrolysis) is 1. The Bertz CT molecular complexity index is 1190. The number of hydrogen-bond acceptors (Lipinski definition) is 7. The minimum atomic E-state index is -0.765. The maximum absolute atomic E-state index is 12.8. The maximum atomic E-state index is 12.8. The van der Waals surface area contributed by atoms with Crippen LogP contribution in [0.25, 0.3) is 0 Å². The van der Waals surface area contributed by atoms with E-state index in [0.29, 0.717) is 17.8 Å². The number of nitrogens with two attached hydrogens (primary N) is 1. The van der Waals surface area contributed by atoms with E-state index in [-0.39, 0.29) is 69.4 Å². The van der Waals surface area contributed by atoms with Gasteiger partial charge in [-0.2, -0.15) is 0 Å². The van der Waals surface area contributed by atoms with Gasteiger partial charge in [-0.1, -0.05) is 48.5 Å². The first kappa shape index (κ1) is 31.0. The molecule has 5 N–H and O–H groups in total. The van der Waals surface area contributed by atoms with E-state index < -0.39 is 18.3 Å². The van der Waals surface area contributed by atoms with Crippen molar-refractivity contribution in [3.63, 3.8) is 0 Å². The molecule has 2 saturated heterocycles. The van der Waals surface area contributed by atoms with Crippen LogP contribution >= 0.6 is 0 Å². The molecule has 0 radical (unpaired) electrons. The lowest BCUT2D eigenvalue weighted by Crippen LogP contribution is -2.60. The maximum Gasteiger partial charge on any atom is 0.407 e. The molecule has 0 bridgehead atoms. The van der Waals surface area contributed by atoms with E-state index in [1.54, 1.807) is 0 Å². The number of carbonyl (C=O) groups excluding carboxylic acids is 2. The van der Waals surface area contributed by atoms with Gasteiger partial charge in [0, 0.05) is 23.9 Å². The average molecular weight is 616 g/mol. The number of aliphatic hydroxyl groups excluding tert-OH is 1. The molecule has 2 heterocycles. The molecule has 7 aliphatic rings. The smallest absolute Gasteiger partial charge is 0.407 e. The van der Waals surface area contributed by atoms with Crippen LogP contribution in [-0.4, -0.2) is 66.9 Å². The standard InChI is InChI=1S/C35H57N3O6/c1-18(2)26(44-29(36)40)21-14-19(3)25-27(42-21)28(39)33(7)23-9-8-22-31(4,5)24(43-30(41)38-20-15-37-16-20)10-11-34(22)17-35(23,34)13-12-32(25,33)6/h18-28,37,39H,8-17H2,1-7H3,(H2,36,40)(H,38,41)/t19-,21?,22+,23?,24?,25+,26-,27?,28+,32-,33-,34-,35+/m1/s1. The Kier molecular flexibility index (Phi) is 7.03. The number of aliphatic hydroxyl groups is 1. The van der Waals surface area contributed by atoms with Crippen molar-refractivity contribution in [2.45, 2.75) is 136 Å². The van der Waals surface area contributed by atoms with Gasteiger partial charge in [0.15, 0.2) is 0 Å². The van der Waals surface area contributed by atoms with Crippen LogP contribution in [0.4, 0.5) is 9.59 Å². The van der Waals surface area contributed by atoms with E-state index in [1.807, 2.05) is 13.8 Å². The zero-order valence-electron chi connectivity index (χ0n) is 28.0.